The lowest BCUT2D eigenvalue weighted by Gasteiger charge is -2.33. The molecule has 0 aliphatic rings. The average Bonchev–Trinajstić information content (AvgIpc) is 2.91. The Kier molecular flexibility index (Phi) is 9.84. The molecule has 0 bridgehead atoms. The van der Waals surface area contributed by atoms with Crippen LogP contribution in [0.25, 0.3) is 0 Å². The van der Waals surface area contributed by atoms with Gasteiger partial charge in [-0.05, 0) is 42.3 Å². The smallest absolute Gasteiger partial charge is 0.273 e. The van der Waals surface area contributed by atoms with Crippen molar-refractivity contribution in [1.29, 1.82) is 0 Å². The van der Waals surface area contributed by atoms with Crippen LogP contribution in [-0.4, -0.2) is 17.8 Å². The van der Waals surface area contributed by atoms with Crippen LogP contribution in [0.5, 0.6) is 0 Å². The molecule has 0 aliphatic heterocycles. The fourth-order valence-corrected chi connectivity index (χ4v) is 3.69. The van der Waals surface area contributed by atoms with Gasteiger partial charge in [0.15, 0.2) is 0 Å². The van der Waals surface area contributed by atoms with Crippen molar-refractivity contribution in [3.05, 3.63) is 153 Å². The van der Waals surface area contributed by atoms with E-state index in [0.717, 1.165) is 16.7 Å². The number of hydrogen-bond acceptors (Lipinski definition) is 4. The first-order chi connectivity index (χ1) is 16.9. The van der Waals surface area contributed by atoms with Crippen LogP contribution in [0.1, 0.15) is 30.5 Å². The zero-order valence-corrected chi connectivity index (χ0v) is 20.2. The number of nitrogens with two attached hydrogens (primary N) is 1. The number of alkyl halides is 1. The standard InChI is InChI=1S/C28H27N3O2.CH3F/c1-21(2)27(31(32)33)19-26(22(3)20-29)30-28(23-13-7-4-8-14-23,24-15-9-5-10-16-24)25-17-11-6-12-18-25;1-2/h4-20H,1,29H2,2-3H3;1H3/b22-20-,27-19+,30-26?;. The zero-order chi connectivity index (χ0) is 25.8. The highest BCUT2D eigenvalue weighted by Gasteiger charge is 2.36. The van der Waals surface area contributed by atoms with E-state index in [-0.39, 0.29) is 5.70 Å². The van der Waals surface area contributed by atoms with E-state index < -0.39 is 10.5 Å². The van der Waals surface area contributed by atoms with E-state index >= 15 is 0 Å². The Balaban J connectivity index is 0.00000210. The molecule has 0 spiro atoms. The fourth-order valence-electron chi connectivity index (χ4n) is 3.69. The highest BCUT2D eigenvalue weighted by molar-refractivity contribution is 6.09. The maximum atomic E-state index is 11.7. The maximum absolute atomic E-state index is 11.7. The lowest BCUT2D eigenvalue weighted by molar-refractivity contribution is -0.420. The Bertz CT molecular complexity index is 1110. The molecule has 0 amide bonds. The zero-order valence-electron chi connectivity index (χ0n) is 20.2. The van der Waals surface area contributed by atoms with Crippen LogP contribution in [0, 0.1) is 10.1 Å². The summed E-state index contributed by atoms with van der Waals surface area (Å²) in [6, 6.07) is 29.7. The third-order valence-electron chi connectivity index (χ3n) is 5.42. The molecule has 0 aliphatic carbocycles. The Morgan fingerprint density at radius 3 is 1.54 bits per heavy atom. The molecular weight excluding hydrogens is 441 g/mol. The molecule has 0 fully saturated rings. The van der Waals surface area contributed by atoms with Gasteiger partial charge in [-0.25, -0.2) is 0 Å². The summed E-state index contributed by atoms with van der Waals surface area (Å²) in [5, 5.41) is 11.7. The van der Waals surface area contributed by atoms with Crippen LogP contribution in [-0.2, 0) is 5.54 Å². The summed E-state index contributed by atoms with van der Waals surface area (Å²) in [5.74, 6) is 0. The number of rotatable bonds is 8. The number of hydrogen-bond donors (Lipinski definition) is 1. The van der Waals surface area contributed by atoms with Gasteiger partial charge in [-0.3, -0.25) is 19.5 Å². The minimum atomic E-state index is -0.962. The summed E-state index contributed by atoms with van der Waals surface area (Å²) < 4.78 is 9.50. The van der Waals surface area contributed by atoms with E-state index in [1.807, 2.05) is 91.0 Å². The summed E-state index contributed by atoms with van der Waals surface area (Å²) in [6.07, 6.45) is 2.86. The normalized spacial score (nSPS) is 12.4. The average molecular weight is 472 g/mol. The summed E-state index contributed by atoms with van der Waals surface area (Å²) in [6.45, 7) is 7.16. The molecule has 0 saturated carbocycles. The van der Waals surface area contributed by atoms with Gasteiger partial charge in [0, 0.05) is 11.6 Å². The summed E-state index contributed by atoms with van der Waals surface area (Å²) >= 11 is 0. The van der Waals surface area contributed by atoms with E-state index in [9.17, 15) is 14.5 Å². The van der Waals surface area contributed by atoms with E-state index in [2.05, 4.69) is 6.58 Å². The molecule has 3 rings (SSSR count). The molecule has 0 unspecified atom stereocenters. The Morgan fingerprint density at radius 2 is 1.26 bits per heavy atom. The topological polar surface area (TPSA) is 81.5 Å². The molecule has 0 radical (unpaired) electrons. The molecule has 3 aromatic carbocycles. The first-order valence-electron chi connectivity index (χ1n) is 10.9. The molecule has 0 aromatic heterocycles. The molecule has 2 N–H and O–H groups in total. The summed E-state index contributed by atoms with van der Waals surface area (Å²) in [7, 11) is 0.500. The maximum Gasteiger partial charge on any atom is 0.273 e. The fraction of sp³-hybridized carbons (Fsp3) is 0.138. The second-order valence-electron chi connectivity index (χ2n) is 7.72. The second kappa shape index (κ2) is 12.8. The Labute approximate surface area is 206 Å². The van der Waals surface area contributed by atoms with Crippen LogP contribution in [0.4, 0.5) is 4.39 Å². The first-order valence-corrected chi connectivity index (χ1v) is 10.9. The van der Waals surface area contributed by atoms with Gasteiger partial charge >= 0.3 is 0 Å². The van der Waals surface area contributed by atoms with E-state index in [0.29, 0.717) is 24.0 Å². The molecule has 0 saturated heterocycles. The second-order valence-corrected chi connectivity index (χ2v) is 7.72. The molecular formula is C29H30FN3O2. The summed E-state index contributed by atoms with van der Waals surface area (Å²) in [4.78, 5) is 16.5. The van der Waals surface area contributed by atoms with Crippen molar-refractivity contribution in [2.24, 2.45) is 10.7 Å². The molecule has 3 aromatic rings. The minimum Gasteiger partial charge on any atom is -0.404 e. The number of aliphatic imine (C=N–C) groups is 1. The van der Waals surface area contributed by atoms with Gasteiger partial charge in [0.2, 0.25) is 0 Å². The predicted molar refractivity (Wildman–Crippen MR) is 142 cm³/mol. The summed E-state index contributed by atoms with van der Waals surface area (Å²) in [5.41, 5.74) is 8.93. The van der Waals surface area contributed by atoms with Gasteiger partial charge in [-0.15, -0.1) is 0 Å². The third-order valence-corrected chi connectivity index (χ3v) is 5.42. The van der Waals surface area contributed by atoms with Crippen molar-refractivity contribution in [3.8, 4) is 0 Å². The lowest BCUT2D eigenvalue weighted by Crippen LogP contribution is -2.29. The Hall–Kier alpha value is -4.32. The van der Waals surface area contributed by atoms with Crippen molar-refractivity contribution >= 4 is 5.71 Å². The third kappa shape index (κ3) is 6.18. The first kappa shape index (κ1) is 26.9. The van der Waals surface area contributed by atoms with Crippen molar-refractivity contribution in [1.82, 2.24) is 0 Å². The number of nitrogens with zero attached hydrogens (tertiary/aromatic N) is 2. The van der Waals surface area contributed by atoms with Gasteiger partial charge in [0.1, 0.15) is 5.54 Å². The molecule has 35 heavy (non-hydrogen) atoms. The van der Waals surface area contributed by atoms with Crippen molar-refractivity contribution in [3.63, 3.8) is 0 Å². The number of halogens is 1. The molecule has 0 heterocycles. The highest BCUT2D eigenvalue weighted by Crippen LogP contribution is 2.41. The SMILES string of the molecule is C=C(C)/C(=C\C(=NC(c1ccccc1)(c1ccccc1)c1ccccc1)/C(C)=C\N)[N+](=O)[O-].CF. The van der Waals surface area contributed by atoms with Gasteiger partial charge in [-0.1, -0.05) is 97.6 Å². The number of nitro groups is 1. The predicted octanol–water partition coefficient (Wildman–Crippen LogP) is 6.60. The largest absolute Gasteiger partial charge is 0.404 e. The molecule has 6 heteroatoms. The van der Waals surface area contributed by atoms with Crippen LogP contribution < -0.4 is 5.73 Å². The van der Waals surface area contributed by atoms with Crippen molar-refractivity contribution in [2.75, 3.05) is 7.18 Å². The van der Waals surface area contributed by atoms with Gasteiger partial charge in [0.05, 0.1) is 17.8 Å². The number of benzene rings is 3. The van der Waals surface area contributed by atoms with Crippen molar-refractivity contribution < 1.29 is 9.31 Å². The van der Waals surface area contributed by atoms with E-state index in [1.54, 1.807) is 13.8 Å². The van der Waals surface area contributed by atoms with Gasteiger partial charge < -0.3 is 5.73 Å². The molecule has 180 valence electrons. The highest BCUT2D eigenvalue weighted by atomic mass is 19.1. The van der Waals surface area contributed by atoms with Crippen LogP contribution in [0.3, 0.4) is 0 Å². The van der Waals surface area contributed by atoms with Gasteiger partial charge in [0.25, 0.3) is 5.70 Å². The van der Waals surface area contributed by atoms with Gasteiger partial charge in [-0.2, -0.15) is 0 Å². The van der Waals surface area contributed by atoms with Crippen molar-refractivity contribution in [2.45, 2.75) is 19.4 Å². The Morgan fingerprint density at radius 1 is 0.886 bits per heavy atom. The quantitative estimate of drug-likeness (QED) is 0.132. The van der Waals surface area contributed by atoms with E-state index in [4.69, 9.17) is 10.7 Å². The monoisotopic (exact) mass is 471 g/mol. The van der Waals surface area contributed by atoms with E-state index in [1.165, 1.54) is 12.3 Å². The number of allylic oxidation sites excluding steroid dienone is 3. The van der Waals surface area contributed by atoms with Crippen LogP contribution in [0.15, 0.2) is 132 Å². The van der Waals surface area contributed by atoms with Crippen LogP contribution in [0.2, 0.25) is 0 Å². The van der Waals surface area contributed by atoms with Crippen LogP contribution >= 0.6 is 0 Å². The lowest BCUT2D eigenvalue weighted by atomic mass is 9.77. The minimum absolute atomic E-state index is 0.113. The molecule has 0 atom stereocenters. The molecule has 5 nitrogen and oxygen atoms in total.